The van der Waals surface area contributed by atoms with E-state index in [4.69, 9.17) is 11.6 Å². The number of fused-ring (bicyclic) bond motifs is 2. The van der Waals surface area contributed by atoms with E-state index in [1.54, 1.807) is 12.4 Å². The summed E-state index contributed by atoms with van der Waals surface area (Å²) in [7, 11) is 0. The van der Waals surface area contributed by atoms with Gasteiger partial charge in [0, 0.05) is 28.3 Å². The first-order valence-corrected chi connectivity index (χ1v) is 8.78. The Morgan fingerprint density at radius 3 is 2.96 bits per heavy atom. The molecule has 1 aliphatic rings. The Morgan fingerprint density at radius 2 is 2.12 bits per heavy atom. The Morgan fingerprint density at radius 1 is 1.23 bits per heavy atom. The van der Waals surface area contributed by atoms with Gasteiger partial charge in [0.2, 0.25) is 5.91 Å². The molecule has 0 aliphatic carbocycles. The molecule has 4 rings (SSSR count). The minimum atomic E-state index is -0.163. The van der Waals surface area contributed by atoms with Crippen LogP contribution in [0.25, 0.3) is 10.9 Å². The van der Waals surface area contributed by atoms with Crippen LogP contribution in [0.15, 0.2) is 54.9 Å². The topological polar surface area (TPSA) is 58.1 Å². The van der Waals surface area contributed by atoms with Crippen molar-refractivity contribution in [2.24, 2.45) is 0 Å². The van der Waals surface area contributed by atoms with Gasteiger partial charge in [-0.15, -0.1) is 0 Å². The number of benzene rings is 2. The number of anilines is 3. The van der Waals surface area contributed by atoms with E-state index in [0.29, 0.717) is 10.7 Å². The quantitative estimate of drug-likeness (QED) is 0.695. The lowest BCUT2D eigenvalue weighted by atomic mass is 10.1. The molecular formula is C20H17ClN4O. The van der Waals surface area contributed by atoms with Crippen molar-refractivity contribution in [3.05, 3.63) is 65.5 Å². The molecule has 0 bridgehead atoms. The van der Waals surface area contributed by atoms with E-state index in [2.05, 4.69) is 26.3 Å². The van der Waals surface area contributed by atoms with Crippen LogP contribution in [0.5, 0.6) is 0 Å². The molecule has 0 fully saturated rings. The molecule has 1 aliphatic heterocycles. The lowest BCUT2D eigenvalue weighted by molar-refractivity contribution is -0.111. The van der Waals surface area contributed by atoms with Crippen LogP contribution < -0.4 is 10.2 Å². The molecular weight excluding hydrogens is 348 g/mol. The highest BCUT2D eigenvalue weighted by Crippen LogP contribution is 2.38. The predicted octanol–water partition coefficient (Wildman–Crippen LogP) is 4.49. The highest BCUT2D eigenvalue weighted by molar-refractivity contribution is 6.31. The summed E-state index contributed by atoms with van der Waals surface area (Å²) < 4.78 is 0. The third-order valence-electron chi connectivity index (χ3n) is 4.40. The van der Waals surface area contributed by atoms with Crippen LogP contribution in [0.4, 0.5) is 17.2 Å². The minimum absolute atomic E-state index is 0.163. The maximum atomic E-state index is 11.8. The number of aromatic nitrogens is 2. The average Bonchev–Trinajstić information content (AvgIpc) is 3.04. The molecule has 1 N–H and O–H groups in total. The summed E-state index contributed by atoms with van der Waals surface area (Å²) in [5.74, 6) is 0.654. The molecule has 0 spiro atoms. The zero-order chi connectivity index (χ0) is 18.1. The first-order chi connectivity index (χ1) is 12.7. The van der Waals surface area contributed by atoms with E-state index in [1.807, 2.05) is 37.3 Å². The first-order valence-electron chi connectivity index (χ1n) is 8.40. The SMILES string of the molecule is C/C=C/C(=O)Nc1ccc2ncnc(N3CCc4ccc(Cl)cc43)c2c1. The Hall–Kier alpha value is -2.92. The van der Waals surface area contributed by atoms with Gasteiger partial charge < -0.3 is 10.2 Å². The number of carbonyl (C=O) groups is 1. The van der Waals surface area contributed by atoms with E-state index in [9.17, 15) is 4.79 Å². The molecule has 2 heterocycles. The Balaban J connectivity index is 1.79. The summed E-state index contributed by atoms with van der Waals surface area (Å²) in [5, 5.41) is 4.45. The van der Waals surface area contributed by atoms with E-state index < -0.39 is 0 Å². The second-order valence-corrected chi connectivity index (χ2v) is 6.53. The van der Waals surface area contributed by atoms with Crippen molar-refractivity contribution in [1.82, 2.24) is 9.97 Å². The van der Waals surface area contributed by atoms with Crippen molar-refractivity contribution >= 4 is 45.6 Å². The average molecular weight is 365 g/mol. The van der Waals surface area contributed by atoms with Crippen LogP contribution in [0, 0.1) is 0 Å². The fourth-order valence-corrected chi connectivity index (χ4v) is 3.41. The third-order valence-corrected chi connectivity index (χ3v) is 4.63. The lowest BCUT2D eigenvalue weighted by Gasteiger charge is -2.20. The van der Waals surface area contributed by atoms with Crippen molar-refractivity contribution in [2.45, 2.75) is 13.3 Å². The highest BCUT2D eigenvalue weighted by Gasteiger charge is 2.23. The molecule has 0 saturated heterocycles. The molecule has 3 aromatic rings. The van der Waals surface area contributed by atoms with Gasteiger partial charge in [-0.05, 0) is 55.3 Å². The number of allylic oxidation sites excluding steroid dienone is 1. The van der Waals surface area contributed by atoms with Crippen LogP contribution in [-0.4, -0.2) is 22.4 Å². The molecule has 130 valence electrons. The van der Waals surface area contributed by atoms with Crippen LogP contribution in [-0.2, 0) is 11.2 Å². The van der Waals surface area contributed by atoms with E-state index >= 15 is 0 Å². The lowest BCUT2D eigenvalue weighted by Crippen LogP contribution is -2.15. The molecule has 6 heteroatoms. The highest BCUT2D eigenvalue weighted by atomic mass is 35.5. The number of rotatable bonds is 3. The van der Waals surface area contributed by atoms with Gasteiger partial charge in [-0.3, -0.25) is 4.79 Å². The normalized spacial score (nSPS) is 13.4. The predicted molar refractivity (Wildman–Crippen MR) is 105 cm³/mol. The first kappa shape index (κ1) is 16.5. The summed E-state index contributed by atoms with van der Waals surface area (Å²) in [4.78, 5) is 22.9. The van der Waals surface area contributed by atoms with Crippen molar-refractivity contribution < 1.29 is 4.79 Å². The monoisotopic (exact) mass is 364 g/mol. The van der Waals surface area contributed by atoms with Gasteiger partial charge in [-0.2, -0.15) is 0 Å². The maximum absolute atomic E-state index is 11.8. The summed E-state index contributed by atoms with van der Waals surface area (Å²) in [6, 6.07) is 11.6. The van der Waals surface area contributed by atoms with Gasteiger partial charge in [0.25, 0.3) is 0 Å². The molecule has 1 aromatic heterocycles. The van der Waals surface area contributed by atoms with Gasteiger partial charge in [-0.25, -0.2) is 9.97 Å². The number of carbonyl (C=O) groups excluding carboxylic acids is 1. The van der Waals surface area contributed by atoms with E-state index in [-0.39, 0.29) is 5.91 Å². The largest absolute Gasteiger partial charge is 0.325 e. The molecule has 2 aromatic carbocycles. The van der Waals surface area contributed by atoms with E-state index in [1.165, 1.54) is 11.6 Å². The van der Waals surface area contributed by atoms with Crippen molar-refractivity contribution in [1.29, 1.82) is 0 Å². The van der Waals surface area contributed by atoms with Gasteiger partial charge >= 0.3 is 0 Å². The van der Waals surface area contributed by atoms with Crippen LogP contribution in [0.2, 0.25) is 5.02 Å². The fraction of sp³-hybridized carbons (Fsp3) is 0.150. The smallest absolute Gasteiger partial charge is 0.248 e. The Bertz CT molecular complexity index is 1030. The Labute approximate surface area is 156 Å². The molecule has 0 radical (unpaired) electrons. The third kappa shape index (κ3) is 3.02. The number of hydrogen-bond acceptors (Lipinski definition) is 4. The van der Waals surface area contributed by atoms with Gasteiger partial charge in [0.05, 0.1) is 5.52 Å². The Kier molecular flexibility index (Phi) is 4.31. The second kappa shape index (κ2) is 6.77. The number of halogens is 1. The summed E-state index contributed by atoms with van der Waals surface area (Å²) in [5.41, 5.74) is 3.86. The summed E-state index contributed by atoms with van der Waals surface area (Å²) in [6.45, 7) is 2.64. The zero-order valence-electron chi connectivity index (χ0n) is 14.2. The summed E-state index contributed by atoms with van der Waals surface area (Å²) in [6.07, 6.45) is 5.70. The molecule has 1 amide bonds. The number of nitrogens with one attached hydrogen (secondary N) is 1. The van der Waals surface area contributed by atoms with Gasteiger partial charge in [0.1, 0.15) is 12.1 Å². The molecule has 5 nitrogen and oxygen atoms in total. The maximum Gasteiger partial charge on any atom is 0.248 e. The van der Waals surface area contributed by atoms with Crippen molar-refractivity contribution in [3.8, 4) is 0 Å². The number of nitrogens with zero attached hydrogens (tertiary/aromatic N) is 3. The molecule has 0 atom stereocenters. The second-order valence-electron chi connectivity index (χ2n) is 6.09. The molecule has 0 unspecified atom stereocenters. The molecule has 26 heavy (non-hydrogen) atoms. The van der Waals surface area contributed by atoms with Crippen LogP contribution >= 0.6 is 11.6 Å². The van der Waals surface area contributed by atoms with Crippen molar-refractivity contribution in [2.75, 3.05) is 16.8 Å². The minimum Gasteiger partial charge on any atom is -0.325 e. The standard InChI is InChI=1S/C20H17ClN4O/c1-2-3-19(26)24-15-6-7-17-16(11-15)20(23-12-22-17)25-9-8-13-4-5-14(21)10-18(13)25/h2-7,10-12H,8-9H2,1H3,(H,24,26)/b3-2+. The number of hydrogen-bond donors (Lipinski definition) is 1. The zero-order valence-corrected chi connectivity index (χ0v) is 15.0. The van der Waals surface area contributed by atoms with Crippen molar-refractivity contribution in [3.63, 3.8) is 0 Å². The van der Waals surface area contributed by atoms with Gasteiger partial charge in [0.15, 0.2) is 0 Å². The number of amides is 1. The van der Waals surface area contributed by atoms with Crippen LogP contribution in [0.1, 0.15) is 12.5 Å². The van der Waals surface area contributed by atoms with Gasteiger partial charge in [-0.1, -0.05) is 23.7 Å². The fourth-order valence-electron chi connectivity index (χ4n) is 3.24. The molecule has 0 saturated carbocycles. The van der Waals surface area contributed by atoms with E-state index in [0.717, 1.165) is 35.4 Å². The van der Waals surface area contributed by atoms with Crippen LogP contribution in [0.3, 0.4) is 0 Å². The summed E-state index contributed by atoms with van der Waals surface area (Å²) >= 11 is 6.19.